The highest BCUT2D eigenvalue weighted by molar-refractivity contribution is 6.30. The average Bonchev–Trinajstić information content (AvgIpc) is 2.48. The minimum absolute atomic E-state index is 0.105. The summed E-state index contributed by atoms with van der Waals surface area (Å²) in [7, 11) is 0. The standard InChI is InChI=1S/C15H21ClN2O3/c16-12-3-1-4-13(11-12)17-15(20)18-7-5-14(6-8-18)21-10-2-9-19/h1,3-4,11,14,19H,2,5-10H2,(H,17,20). The number of carbonyl (C=O) groups is 1. The number of aliphatic hydroxyl groups excluding tert-OH is 1. The fourth-order valence-electron chi connectivity index (χ4n) is 2.31. The number of piperidine rings is 1. The first-order valence-corrected chi connectivity index (χ1v) is 7.61. The van der Waals surface area contributed by atoms with Crippen molar-refractivity contribution >= 4 is 23.3 Å². The van der Waals surface area contributed by atoms with Crippen LogP contribution < -0.4 is 5.32 Å². The van der Waals surface area contributed by atoms with E-state index in [0.717, 1.165) is 12.8 Å². The van der Waals surface area contributed by atoms with Crippen LogP contribution in [0.5, 0.6) is 0 Å². The highest BCUT2D eigenvalue weighted by Crippen LogP contribution is 2.18. The summed E-state index contributed by atoms with van der Waals surface area (Å²) in [6.45, 7) is 2.09. The molecule has 116 valence electrons. The van der Waals surface area contributed by atoms with E-state index in [0.29, 0.717) is 36.8 Å². The van der Waals surface area contributed by atoms with Crippen molar-refractivity contribution in [3.63, 3.8) is 0 Å². The molecular formula is C15H21ClN2O3. The van der Waals surface area contributed by atoms with Crippen molar-refractivity contribution < 1.29 is 14.6 Å². The molecule has 1 aliphatic rings. The number of carbonyl (C=O) groups excluding carboxylic acids is 1. The molecule has 0 aliphatic carbocycles. The van der Waals surface area contributed by atoms with Gasteiger partial charge in [0.15, 0.2) is 0 Å². The van der Waals surface area contributed by atoms with Crippen LogP contribution in [0.3, 0.4) is 0 Å². The first-order chi connectivity index (χ1) is 10.2. The van der Waals surface area contributed by atoms with Crippen molar-refractivity contribution in [2.24, 2.45) is 0 Å². The quantitative estimate of drug-likeness (QED) is 0.822. The Labute approximate surface area is 129 Å². The molecule has 1 aromatic carbocycles. The summed E-state index contributed by atoms with van der Waals surface area (Å²) in [5, 5.41) is 12.2. The number of nitrogens with one attached hydrogen (secondary N) is 1. The van der Waals surface area contributed by atoms with Gasteiger partial charge in [-0.3, -0.25) is 0 Å². The summed E-state index contributed by atoms with van der Waals surface area (Å²) in [4.78, 5) is 13.9. The van der Waals surface area contributed by atoms with Crippen LogP contribution in [-0.2, 0) is 4.74 Å². The minimum atomic E-state index is -0.105. The lowest BCUT2D eigenvalue weighted by atomic mass is 10.1. The average molecular weight is 313 g/mol. The van der Waals surface area contributed by atoms with Gasteiger partial charge in [0.05, 0.1) is 6.10 Å². The number of urea groups is 1. The van der Waals surface area contributed by atoms with E-state index in [2.05, 4.69) is 5.32 Å². The van der Waals surface area contributed by atoms with Gasteiger partial charge in [0.2, 0.25) is 0 Å². The van der Waals surface area contributed by atoms with E-state index in [-0.39, 0.29) is 18.7 Å². The van der Waals surface area contributed by atoms with Gasteiger partial charge < -0.3 is 20.1 Å². The normalized spacial score (nSPS) is 16.0. The molecule has 0 aromatic heterocycles. The molecular weight excluding hydrogens is 292 g/mol. The zero-order valence-electron chi connectivity index (χ0n) is 11.9. The van der Waals surface area contributed by atoms with Crippen LogP contribution in [0, 0.1) is 0 Å². The van der Waals surface area contributed by atoms with E-state index in [4.69, 9.17) is 21.4 Å². The Morgan fingerprint density at radius 2 is 2.19 bits per heavy atom. The summed E-state index contributed by atoms with van der Waals surface area (Å²) < 4.78 is 5.65. The van der Waals surface area contributed by atoms with Gasteiger partial charge in [-0.15, -0.1) is 0 Å². The molecule has 1 aliphatic heterocycles. The predicted molar refractivity (Wildman–Crippen MR) is 82.7 cm³/mol. The Kier molecular flexibility index (Phi) is 6.29. The number of hydrogen-bond acceptors (Lipinski definition) is 3. The minimum Gasteiger partial charge on any atom is -0.396 e. The molecule has 5 nitrogen and oxygen atoms in total. The van der Waals surface area contributed by atoms with Crippen LogP contribution in [0.2, 0.25) is 5.02 Å². The van der Waals surface area contributed by atoms with Crippen molar-refractivity contribution in [1.29, 1.82) is 0 Å². The molecule has 1 saturated heterocycles. The Balaban J connectivity index is 1.75. The third-order valence-corrected chi connectivity index (χ3v) is 3.70. The van der Waals surface area contributed by atoms with Gasteiger partial charge in [0, 0.05) is 37.0 Å². The summed E-state index contributed by atoms with van der Waals surface area (Å²) in [5.41, 5.74) is 0.703. The summed E-state index contributed by atoms with van der Waals surface area (Å²) in [6, 6.07) is 7.01. The van der Waals surface area contributed by atoms with E-state index in [1.807, 2.05) is 6.07 Å². The molecule has 1 heterocycles. The Hall–Kier alpha value is -1.30. The van der Waals surface area contributed by atoms with E-state index >= 15 is 0 Å². The second-order valence-corrected chi connectivity index (χ2v) is 5.51. The van der Waals surface area contributed by atoms with Gasteiger partial charge in [0.25, 0.3) is 0 Å². The molecule has 2 N–H and O–H groups in total. The van der Waals surface area contributed by atoms with Gasteiger partial charge in [-0.1, -0.05) is 17.7 Å². The molecule has 2 amide bonds. The topological polar surface area (TPSA) is 61.8 Å². The number of likely N-dealkylation sites (tertiary alicyclic amines) is 1. The van der Waals surface area contributed by atoms with Crippen molar-refractivity contribution in [3.8, 4) is 0 Å². The maximum absolute atomic E-state index is 12.1. The van der Waals surface area contributed by atoms with Gasteiger partial charge in [0.1, 0.15) is 0 Å². The fraction of sp³-hybridized carbons (Fsp3) is 0.533. The van der Waals surface area contributed by atoms with Crippen LogP contribution in [0.25, 0.3) is 0 Å². The molecule has 0 radical (unpaired) electrons. The van der Waals surface area contributed by atoms with Gasteiger partial charge in [-0.2, -0.15) is 0 Å². The molecule has 6 heteroatoms. The number of nitrogens with zero attached hydrogens (tertiary/aromatic N) is 1. The molecule has 0 spiro atoms. The van der Waals surface area contributed by atoms with Crippen molar-refractivity contribution in [1.82, 2.24) is 4.90 Å². The molecule has 21 heavy (non-hydrogen) atoms. The fourth-order valence-corrected chi connectivity index (χ4v) is 2.50. The number of rotatable bonds is 5. The first kappa shape index (κ1) is 16.1. The van der Waals surface area contributed by atoms with Crippen LogP contribution in [0.1, 0.15) is 19.3 Å². The highest BCUT2D eigenvalue weighted by atomic mass is 35.5. The lowest BCUT2D eigenvalue weighted by Gasteiger charge is -2.32. The van der Waals surface area contributed by atoms with Crippen LogP contribution >= 0.6 is 11.6 Å². The van der Waals surface area contributed by atoms with Crippen LogP contribution in [0.4, 0.5) is 10.5 Å². The van der Waals surface area contributed by atoms with Gasteiger partial charge in [-0.05, 0) is 37.5 Å². The summed E-state index contributed by atoms with van der Waals surface area (Å²) in [5.74, 6) is 0. The number of benzene rings is 1. The maximum atomic E-state index is 12.1. The smallest absolute Gasteiger partial charge is 0.321 e. The molecule has 0 unspecified atom stereocenters. The third-order valence-electron chi connectivity index (χ3n) is 3.46. The molecule has 0 atom stereocenters. The van der Waals surface area contributed by atoms with Gasteiger partial charge in [-0.25, -0.2) is 4.79 Å². The lowest BCUT2D eigenvalue weighted by Crippen LogP contribution is -2.43. The Morgan fingerprint density at radius 3 is 2.86 bits per heavy atom. The van der Waals surface area contributed by atoms with Crippen LogP contribution in [-0.4, -0.2) is 48.4 Å². The van der Waals surface area contributed by atoms with Crippen molar-refractivity contribution in [2.45, 2.75) is 25.4 Å². The number of anilines is 1. The van der Waals surface area contributed by atoms with Gasteiger partial charge >= 0.3 is 6.03 Å². The first-order valence-electron chi connectivity index (χ1n) is 7.23. The lowest BCUT2D eigenvalue weighted by molar-refractivity contribution is 0.0101. The van der Waals surface area contributed by atoms with Crippen LogP contribution in [0.15, 0.2) is 24.3 Å². The number of amides is 2. The predicted octanol–water partition coefficient (Wildman–Crippen LogP) is 2.74. The number of ether oxygens (including phenoxy) is 1. The summed E-state index contributed by atoms with van der Waals surface area (Å²) >= 11 is 5.89. The largest absolute Gasteiger partial charge is 0.396 e. The summed E-state index contributed by atoms with van der Waals surface area (Å²) in [6.07, 6.45) is 2.50. The zero-order chi connectivity index (χ0) is 15.1. The highest BCUT2D eigenvalue weighted by Gasteiger charge is 2.23. The molecule has 2 rings (SSSR count). The Morgan fingerprint density at radius 1 is 1.43 bits per heavy atom. The maximum Gasteiger partial charge on any atom is 0.321 e. The van der Waals surface area contributed by atoms with E-state index in [9.17, 15) is 4.79 Å². The SMILES string of the molecule is O=C(Nc1cccc(Cl)c1)N1CCC(OCCCO)CC1. The van der Waals surface area contributed by atoms with Crippen molar-refractivity contribution in [3.05, 3.63) is 29.3 Å². The Bertz CT molecular complexity index is 462. The van der Waals surface area contributed by atoms with Crippen molar-refractivity contribution in [2.75, 3.05) is 31.6 Å². The van der Waals surface area contributed by atoms with E-state index in [1.165, 1.54) is 0 Å². The van der Waals surface area contributed by atoms with E-state index in [1.54, 1.807) is 23.1 Å². The molecule has 1 fully saturated rings. The number of hydrogen-bond donors (Lipinski definition) is 2. The second-order valence-electron chi connectivity index (χ2n) is 5.07. The van der Waals surface area contributed by atoms with E-state index < -0.39 is 0 Å². The number of aliphatic hydroxyl groups is 1. The monoisotopic (exact) mass is 312 g/mol. The molecule has 0 bridgehead atoms. The molecule has 1 aromatic rings. The third kappa shape index (κ3) is 5.19. The second kappa shape index (κ2) is 8.22. The number of halogens is 1. The zero-order valence-corrected chi connectivity index (χ0v) is 12.7. The molecule has 0 saturated carbocycles.